The first kappa shape index (κ1) is 21.3. The lowest BCUT2D eigenvalue weighted by atomic mass is 9.90. The molecule has 8 rings (SSSR count). The van der Waals surface area contributed by atoms with Crippen LogP contribution < -0.4 is 4.90 Å². The van der Waals surface area contributed by atoms with E-state index in [2.05, 4.69) is 149 Å². The smallest absolute Gasteiger partial charge is 0.0541 e. The number of fused-ring (bicyclic) bond motifs is 6. The highest BCUT2D eigenvalue weighted by Crippen LogP contribution is 2.51. The van der Waals surface area contributed by atoms with Gasteiger partial charge in [0.1, 0.15) is 0 Å². The Kier molecular flexibility index (Phi) is 4.68. The topological polar surface area (TPSA) is 8.17 Å². The standard InChI is InChI=1S/C36H26N2/c1-3-11-27(12-4-1)37-33-17-9-7-15-29(33)31-23-25(19-21-35(31)37)26-20-22-36-32(24-26)30-16-8-10-18-34(30)38(36)28-13-5-2-6-14-28/h1-15,17-24,30H,16H2. The maximum Gasteiger partial charge on any atom is 0.0541 e. The van der Waals surface area contributed by atoms with Crippen LogP contribution in [0, 0.1) is 0 Å². The van der Waals surface area contributed by atoms with Gasteiger partial charge in [-0.3, -0.25) is 0 Å². The molecule has 0 radical (unpaired) electrons. The van der Waals surface area contributed by atoms with Gasteiger partial charge >= 0.3 is 0 Å². The number of allylic oxidation sites excluding steroid dienone is 4. The van der Waals surface area contributed by atoms with Gasteiger partial charge in [0.15, 0.2) is 0 Å². The first-order valence-electron chi connectivity index (χ1n) is 13.3. The average molecular weight is 487 g/mol. The van der Waals surface area contributed by atoms with Crippen LogP contribution >= 0.6 is 0 Å². The summed E-state index contributed by atoms with van der Waals surface area (Å²) in [5, 5.41) is 2.57. The van der Waals surface area contributed by atoms with Gasteiger partial charge in [-0.15, -0.1) is 0 Å². The summed E-state index contributed by atoms with van der Waals surface area (Å²) >= 11 is 0. The van der Waals surface area contributed by atoms with E-state index in [4.69, 9.17) is 0 Å². The van der Waals surface area contributed by atoms with E-state index < -0.39 is 0 Å². The predicted molar refractivity (Wildman–Crippen MR) is 159 cm³/mol. The van der Waals surface area contributed by atoms with E-state index in [1.165, 1.54) is 61.3 Å². The van der Waals surface area contributed by atoms with Crippen LogP contribution in [0.25, 0.3) is 38.6 Å². The number of hydrogen-bond donors (Lipinski definition) is 0. The highest BCUT2D eigenvalue weighted by molar-refractivity contribution is 6.10. The maximum atomic E-state index is 2.43. The molecule has 0 N–H and O–H groups in total. The molecular weight excluding hydrogens is 460 g/mol. The van der Waals surface area contributed by atoms with Crippen molar-refractivity contribution < 1.29 is 0 Å². The van der Waals surface area contributed by atoms with Crippen LogP contribution in [0.5, 0.6) is 0 Å². The van der Waals surface area contributed by atoms with Crippen molar-refractivity contribution in [1.29, 1.82) is 0 Å². The quantitative estimate of drug-likeness (QED) is 0.242. The van der Waals surface area contributed by atoms with Crippen LogP contribution in [0.15, 0.2) is 145 Å². The molecule has 6 aromatic rings. The summed E-state index contributed by atoms with van der Waals surface area (Å²) in [5.41, 5.74) is 11.5. The number of aromatic nitrogens is 1. The molecule has 1 aliphatic heterocycles. The summed E-state index contributed by atoms with van der Waals surface area (Å²) in [6.45, 7) is 0. The zero-order valence-electron chi connectivity index (χ0n) is 21.0. The van der Waals surface area contributed by atoms with Crippen LogP contribution in [-0.2, 0) is 0 Å². The molecule has 2 heterocycles. The second-order valence-electron chi connectivity index (χ2n) is 10.2. The van der Waals surface area contributed by atoms with Gasteiger partial charge in [0, 0.05) is 39.4 Å². The molecule has 38 heavy (non-hydrogen) atoms. The fourth-order valence-corrected chi connectivity index (χ4v) is 6.36. The van der Waals surface area contributed by atoms with Crippen molar-refractivity contribution >= 4 is 33.2 Å². The molecule has 180 valence electrons. The summed E-state index contributed by atoms with van der Waals surface area (Å²) in [4.78, 5) is 2.43. The second-order valence-corrected chi connectivity index (χ2v) is 10.2. The third kappa shape index (κ3) is 3.13. The Labute approximate surface area is 222 Å². The Morgan fingerprint density at radius 3 is 2.11 bits per heavy atom. The molecule has 2 nitrogen and oxygen atoms in total. The van der Waals surface area contributed by atoms with E-state index in [9.17, 15) is 0 Å². The van der Waals surface area contributed by atoms with Gasteiger partial charge in [-0.05, 0) is 83.8 Å². The van der Waals surface area contributed by atoms with E-state index >= 15 is 0 Å². The second kappa shape index (κ2) is 8.36. The average Bonchev–Trinajstić information content (AvgIpc) is 3.50. The minimum Gasteiger partial charge on any atom is -0.313 e. The van der Waals surface area contributed by atoms with Crippen LogP contribution in [0.4, 0.5) is 11.4 Å². The van der Waals surface area contributed by atoms with E-state index in [0.29, 0.717) is 5.92 Å². The van der Waals surface area contributed by atoms with Crippen LogP contribution in [0.1, 0.15) is 17.9 Å². The number of hydrogen-bond acceptors (Lipinski definition) is 1. The normalized spacial score (nSPS) is 16.1. The highest BCUT2D eigenvalue weighted by Gasteiger charge is 2.34. The van der Waals surface area contributed by atoms with E-state index in [1.54, 1.807) is 0 Å². The van der Waals surface area contributed by atoms with E-state index in [1.807, 2.05) is 0 Å². The zero-order valence-corrected chi connectivity index (χ0v) is 21.0. The van der Waals surface area contributed by atoms with Gasteiger partial charge < -0.3 is 9.47 Å². The predicted octanol–water partition coefficient (Wildman–Crippen LogP) is 9.53. The minimum absolute atomic E-state index is 0.388. The molecule has 1 unspecified atom stereocenters. The Bertz CT molecular complexity index is 1890. The molecule has 2 aliphatic rings. The molecule has 0 spiro atoms. The van der Waals surface area contributed by atoms with Crippen LogP contribution in [-0.4, -0.2) is 4.57 Å². The van der Waals surface area contributed by atoms with Gasteiger partial charge in [0.2, 0.25) is 0 Å². The van der Waals surface area contributed by atoms with Crippen LogP contribution in [0.2, 0.25) is 0 Å². The largest absolute Gasteiger partial charge is 0.313 e. The van der Waals surface area contributed by atoms with Crippen molar-refractivity contribution in [2.45, 2.75) is 12.3 Å². The molecule has 1 aliphatic carbocycles. The number of anilines is 2. The molecule has 1 atom stereocenters. The van der Waals surface area contributed by atoms with Crippen molar-refractivity contribution in [3.05, 3.63) is 151 Å². The lowest BCUT2D eigenvalue weighted by Gasteiger charge is -2.24. The molecule has 1 aromatic heterocycles. The van der Waals surface area contributed by atoms with Gasteiger partial charge in [-0.25, -0.2) is 0 Å². The first-order chi connectivity index (χ1) is 18.9. The Balaban J connectivity index is 1.29. The molecule has 0 fully saturated rings. The number of rotatable bonds is 3. The Morgan fingerprint density at radius 1 is 0.579 bits per heavy atom. The number of para-hydroxylation sites is 3. The molecule has 5 aromatic carbocycles. The van der Waals surface area contributed by atoms with Crippen molar-refractivity contribution in [3.8, 4) is 16.8 Å². The molecule has 2 heteroatoms. The number of nitrogens with zero attached hydrogens (tertiary/aromatic N) is 2. The molecule has 0 bridgehead atoms. The summed E-state index contributed by atoms with van der Waals surface area (Å²) in [6.07, 6.45) is 7.81. The Morgan fingerprint density at radius 2 is 1.26 bits per heavy atom. The molecule has 0 amide bonds. The fourth-order valence-electron chi connectivity index (χ4n) is 6.36. The van der Waals surface area contributed by atoms with E-state index in [-0.39, 0.29) is 0 Å². The summed E-state index contributed by atoms with van der Waals surface area (Å²) in [5.74, 6) is 0.388. The van der Waals surface area contributed by atoms with E-state index in [0.717, 1.165) is 6.42 Å². The third-order valence-corrected chi connectivity index (χ3v) is 8.07. The summed E-state index contributed by atoms with van der Waals surface area (Å²) in [7, 11) is 0. The van der Waals surface area contributed by atoms with Crippen LogP contribution in [0.3, 0.4) is 0 Å². The SMILES string of the molecule is C1=CCC2C(=C1)N(c1ccccc1)c1ccc(-c3ccc4c(c3)c3ccccc3n4-c3ccccc3)cc12. The van der Waals surface area contributed by atoms with Gasteiger partial charge in [0.25, 0.3) is 0 Å². The highest BCUT2D eigenvalue weighted by atomic mass is 15.2. The number of benzene rings is 5. The van der Waals surface area contributed by atoms with Gasteiger partial charge in [0.05, 0.1) is 11.0 Å². The van der Waals surface area contributed by atoms with Gasteiger partial charge in [-0.1, -0.05) is 78.9 Å². The Hall–Kier alpha value is -4.82. The zero-order chi connectivity index (χ0) is 25.1. The molecular formula is C36H26N2. The monoisotopic (exact) mass is 486 g/mol. The maximum absolute atomic E-state index is 2.43. The lowest BCUT2D eigenvalue weighted by Crippen LogP contribution is -2.14. The van der Waals surface area contributed by atoms with Crippen molar-refractivity contribution in [3.63, 3.8) is 0 Å². The molecule has 0 saturated heterocycles. The lowest BCUT2D eigenvalue weighted by molar-refractivity contribution is 0.820. The van der Waals surface area contributed by atoms with Crippen molar-refractivity contribution in [2.24, 2.45) is 0 Å². The summed E-state index contributed by atoms with van der Waals surface area (Å²) in [6, 6.07) is 44.1. The minimum atomic E-state index is 0.388. The van der Waals surface area contributed by atoms with Gasteiger partial charge in [-0.2, -0.15) is 0 Å². The third-order valence-electron chi connectivity index (χ3n) is 8.07. The van der Waals surface area contributed by atoms with Crippen molar-refractivity contribution in [1.82, 2.24) is 4.57 Å². The molecule has 0 saturated carbocycles. The summed E-state index contributed by atoms with van der Waals surface area (Å²) < 4.78 is 2.38. The van der Waals surface area contributed by atoms with Crippen molar-refractivity contribution in [2.75, 3.05) is 4.90 Å². The fraction of sp³-hybridized carbons (Fsp3) is 0.0556. The first-order valence-corrected chi connectivity index (χ1v) is 13.3.